The van der Waals surface area contributed by atoms with Crippen molar-refractivity contribution >= 4 is 22.6 Å². The average Bonchev–Trinajstić information content (AvgIpc) is 2.97. The molecule has 1 N–H and O–H groups in total. The molecule has 0 aliphatic carbocycles. The smallest absolute Gasteiger partial charge is 0.167 e. The van der Waals surface area contributed by atoms with E-state index in [-0.39, 0.29) is 11.6 Å². The van der Waals surface area contributed by atoms with E-state index in [0.29, 0.717) is 10.9 Å². The van der Waals surface area contributed by atoms with Gasteiger partial charge in [-0.15, -0.1) is 0 Å². The Balaban J connectivity index is 1.66. The number of nitrogens with zero attached hydrogens (tertiary/aromatic N) is 1. The van der Waals surface area contributed by atoms with Gasteiger partial charge in [-0.1, -0.05) is 42.1 Å². The fourth-order valence-electron chi connectivity index (χ4n) is 2.15. The van der Waals surface area contributed by atoms with Gasteiger partial charge in [0, 0.05) is 11.8 Å². The van der Waals surface area contributed by atoms with Gasteiger partial charge in [0.15, 0.2) is 16.7 Å². The predicted molar refractivity (Wildman–Crippen MR) is 85.7 cm³/mol. The van der Waals surface area contributed by atoms with Crippen molar-refractivity contribution < 1.29 is 9.13 Å². The molecule has 108 valence electrons. The Morgan fingerprint density at radius 2 is 2.05 bits per heavy atom. The molecule has 0 spiro atoms. The summed E-state index contributed by atoms with van der Waals surface area (Å²) < 4.78 is 18.6. The molecular formula is C16H15FN2OS. The minimum atomic E-state index is -0.384. The number of hydrogen-bond donors (Lipinski definition) is 1. The lowest BCUT2D eigenvalue weighted by Crippen LogP contribution is -2.05. The zero-order valence-corrected chi connectivity index (χ0v) is 12.4. The van der Waals surface area contributed by atoms with Crippen LogP contribution in [0, 0.1) is 5.82 Å². The summed E-state index contributed by atoms with van der Waals surface area (Å²) in [6.45, 7) is 0.732. The van der Waals surface area contributed by atoms with Crippen LogP contribution in [0.25, 0.3) is 0 Å². The van der Waals surface area contributed by atoms with Crippen LogP contribution >= 0.6 is 11.8 Å². The second-order valence-corrected chi connectivity index (χ2v) is 5.83. The highest BCUT2D eigenvalue weighted by Gasteiger charge is 2.21. The minimum absolute atomic E-state index is 0.240. The van der Waals surface area contributed by atoms with Crippen LogP contribution in [0.4, 0.5) is 10.1 Å². The van der Waals surface area contributed by atoms with Crippen LogP contribution in [0.3, 0.4) is 0 Å². The lowest BCUT2D eigenvalue weighted by molar-refractivity contribution is 0.387. The van der Waals surface area contributed by atoms with Gasteiger partial charge in [-0.2, -0.15) is 0 Å². The molecule has 3 rings (SSSR count). The predicted octanol–water partition coefficient (Wildman–Crippen LogP) is 4.09. The van der Waals surface area contributed by atoms with Crippen LogP contribution in [0.15, 0.2) is 53.5 Å². The Hall–Kier alpha value is -2.01. The third-order valence-electron chi connectivity index (χ3n) is 3.23. The zero-order chi connectivity index (χ0) is 14.7. The maximum Gasteiger partial charge on any atom is 0.167 e. The summed E-state index contributed by atoms with van der Waals surface area (Å²) in [6.07, 6.45) is 0. The average molecular weight is 302 g/mol. The molecule has 0 aromatic heterocycles. The summed E-state index contributed by atoms with van der Waals surface area (Å²) in [4.78, 5) is 4.48. The molecule has 2 aromatic rings. The molecule has 1 unspecified atom stereocenters. The summed E-state index contributed by atoms with van der Waals surface area (Å²) in [6, 6.07) is 15.1. The number of amidine groups is 1. The van der Waals surface area contributed by atoms with Gasteiger partial charge in [0.1, 0.15) is 0 Å². The van der Waals surface area contributed by atoms with Crippen LogP contribution in [-0.2, 0) is 0 Å². The Labute approximate surface area is 127 Å². The number of methoxy groups -OCH3 is 1. The number of ether oxygens (including phenoxy) is 1. The van der Waals surface area contributed by atoms with Gasteiger partial charge in [-0.25, -0.2) is 4.39 Å². The van der Waals surface area contributed by atoms with Crippen molar-refractivity contribution in [2.45, 2.75) is 5.25 Å². The number of thioether (sulfide) groups is 1. The number of aliphatic imine (C=N–C) groups is 1. The maximum absolute atomic E-state index is 13.7. The molecule has 0 bridgehead atoms. The first-order valence-corrected chi connectivity index (χ1v) is 7.51. The largest absolute Gasteiger partial charge is 0.494 e. The zero-order valence-electron chi connectivity index (χ0n) is 11.5. The van der Waals surface area contributed by atoms with E-state index in [1.807, 2.05) is 18.2 Å². The number of nitrogens with one attached hydrogen (secondary N) is 1. The molecule has 0 amide bonds. The number of halogens is 1. The van der Waals surface area contributed by atoms with Crippen molar-refractivity contribution in [3.8, 4) is 5.75 Å². The Morgan fingerprint density at radius 3 is 2.76 bits per heavy atom. The number of benzene rings is 2. The highest BCUT2D eigenvalue weighted by Crippen LogP contribution is 2.35. The second-order valence-electron chi connectivity index (χ2n) is 4.64. The minimum Gasteiger partial charge on any atom is -0.494 e. The van der Waals surface area contributed by atoms with Crippen molar-refractivity contribution in [3.05, 3.63) is 59.9 Å². The monoisotopic (exact) mass is 302 g/mol. The molecule has 5 heteroatoms. The molecule has 1 aliphatic heterocycles. The van der Waals surface area contributed by atoms with Crippen LogP contribution in [-0.4, -0.2) is 18.8 Å². The number of anilines is 1. The summed E-state index contributed by atoms with van der Waals surface area (Å²) in [5, 5.41) is 4.28. The first-order chi connectivity index (χ1) is 10.3. The molecular weight excluding hydrogens is 287 g/mol. The molecule has 0 saturated carbocycles. The Kier molecular flexibility index (Phi) is 4.10. The van der Waals surface area contributed by atoms with E-state index in [1.165, 1.54) is 18.7 Å². The molecule has 1 atom stereocenters. The van der Waals surface area contributed by atoms with E-state index >= 15 is 0 Å². The van der Waals surface area contributed by atoms with Crippen molar-refractivity contribution in [1.29, 1.82) is 0 Å². The van der Waals surface area contributed by atoms with Gasteiger partial charge in [0.05, 0.1) is 18.9 Å². The van der Waals surface area contributed by atoms with Gasteiger partial charge in [0.2, 0.25) is 0 Å². The SMILES string of the molecule is COc1ccc(NC2=NCC(c3ccccc3)S2)cc1F. The summed E-state index contributed by atoms with van der Waals surface area (Å²) in [7, 11) is 1.45. The normalized spacial score (nSPS) is 17.4. The first-order valence-electron chi connectivity index (χ1n) is 6.63. The highest BCUT2D eigenvalue weighted by atomic mass is 32.2. The van der Waals surface area contributed by atoms with Gasteiger partial charge in [0.25, 0.3) is 0 Å². The van der Waals surface area contributed by atoms with Crippen molar-refractivity contribution in [2.75, 3.05) is 19.0 Å². The molecule has 0 fully saturated rings. The van der Waals surface area contributed by atoms with E-state index in [0.717, 1.165) is 11.7 Å². The van der Waals surface area contributed by atoms with Gasteiger partial charge < -0.3 is 10.1 Å². The van der Waals surface area contributed by atoms with E-state index in [2.05, 4.69) is 22.4 Å². The quantitative estimate of drug-likeness (QED) is 0.927. The van der Waals surface area contributed by atoms with E-state index in [4.69, 9.17) is 4.74 Å². The van der Waals surface area contributed by atoms with E-state index in [9.17, 15) is 4.39 Å². The molecule has 0 radical (unpaired) electrons. The van der Waals surface area contributed by atoms with Crippen molar-refractivity contribution in [1.82, 2.24) is 0 Å². The topological polar surface area (TPSA) is 33.6 Å². The van der Waals surface area contributed by atoms with Gasteiger partial charge >= 0.3 is 0 Å². The third kappa shape index (κ3) is 3.19. The van der Waals surface area contributed by atoms with Gasteiger partial charge in [-0.3, -0.25) is 4.99 Å². The molecule has 21 heavy (non-hydrogen) atoms. The third-order valence-corrected chi connectivity index (χ3v) is 4.39. The standard InChI is InChI=1S/C16H15FN2OS/c1-20-14-8-7-12(9-13(14)17)19-16-18-10-15(21-16)11-5-3-2-4-6-11/h2-9,15H,10H2,1H3,(H,18,19). The first kappa shape index (κ1) is 13.9. The summed E-state index contributed by atoms with van der Waals surface area (Å²) in [5.41, 5.74) is 1.93. The van der Waals surface area contributed by atoms with Crippen LogP contribution < -0.4 is 10.1 Å². The van der Waals surface area contributed by atoms with Crippen LogP contribution in [0.5, 0.6) is 5.75 Å². The van der Waals surface area contributed by atoms with E-state index < -0.39 is 0 Å². The molecule has 1 heterocycles. The van der Waals surface area contributed by atoms with Crippen molar-refractivity contribution in [2.24, 2.45) is 4.99 Å². The summed E-state index contributed by atoms with van der Waals surface area (Å²) in [5.74, 6) is -0.144. The lowest BCUT2D eigenvalue weighted by Gasteiger charge is -2.10. The van der Waals surface area contributed by atoms with Crippen LogP contribution in [0.2, 0.25) is 0 Å². The molecule has 3 nitrogen and oxygen atoms in total. The highest BCUT2D eigenvalue weighted by molar-refractivity contribution is 8.14. The van der Waals surface area contributed by atoms with Crippen LogP contribution in [0.1, 0.15) is 10.8 Å². The fourth-order valence-corrected chi connectivity index (χ4v) is 3.19. The van der Waals surface area contributed by atoms with E-state index in [1.54, 1.807) is 23.9 Å². The maximum atomic E-state index is 13.7. The van der Waals surface area contributed by atoms with Gasteiger partial charge in [-0.05, 0) is 17.7 Å². The Bertz CT molecular complexity index is 661. The fraction of sp³-hybridized carbons (Fsp3) is 0.188. The molecule has 1 aliphatic rings. The number of rotatable bonds is 3. The lowest BCUT2D eigenvalue weighted by atomic mass is 10.1. The Morgan fingerprint density at radius 1 is 1.24 bits per heavy atom. The number of hydrogen-bond acceptors (Lipinski definition) is 4. The summed E-state index contributed by atoms with van der Waals surface area (Å²) >= 11 is 1.66. The molecule has 0 saturated heterocycles. The second kappa shape index (κ2) is 6.18. The van der Waals surface area contributed by atoms with Crippen molar-refractivity contribution in [3.63, 3.8) is 0 Å². The molecule has 2 aromatic carbocycles.